The Labute approximate surface area is 193 Å². The van der Waals surface area contributed by atoms with E-state index < -0.39 is 5.82 Å². The second kappa shape index (κ2) is 8.94. The summed E-state index contributed by atoms with van der Waals surface area (Å²) in [6, 6.07) is 12.7. The summed E-state index contributed by atoms with van der Waals surface area (Å²) in [7, 11) is 0. The lowest BCUT2D eigenvalue weighted by atomic mass is 10.1. The number of hydrogen-bond donors (Lipinski definition) is 3. The Kier molecular flexibility index (Phi) is 5.53. The zero-order valence-electron chi connectivity index (χ0n) is 17.8. The Balaban J connectivity index is 1.24. The predicted octanol–water partition coefficient (Wildman–Crippen LogP) is 3.77. The zero-order chi connectivity index (χ0) is 23.5. The van der Waals surface area contributed by atoms with Crippen molar-refractivity contribution in [3.63, 3.8) is 0 Å². The Bertz CT molecular complexity index is 1480. The summed E-state index contributed by atoms with van der Waals surface area (Å²) in [5, 5.41) is 5.88. The van der Waals surface area contributed by atoms with E-state index in [0.717, 1.165) is 28.7 Å². The summed E-state index contributed by atoms with van der Waals surface area (Å²) in [5.41, 5.74) is 9.96. The highest BCUT2D eigenvalue weighted by Gasteiger charge is 2.10. The average Bonchev–Trinajstić information content (AvgIpc) is 3.29. The number of anilines is 3. The maximum Gasteiger partial charge on any atom is 0.255 e. The van der Waals surface area contributed by atoms with Gasteiger partial charge in [-0.05, 0) is 42.0 Å². The summed E-state index contributed by atoms with van der Waals surface area (Å²) in [5.74, 6) is -0.329. The standard InChI is InChI=1S/C24H19FN8O/c25-17-5-6-19(18(26)11-17)31-23(34)16-3-1-15(2-4-16)12-30-24-28-8-7-20(32-24)21-13-29-22-14-27-9-10-33(21)22/h1-11,13-14H,12,26H2,(H,31,34)(H,28,30,32). The van der Waals surface area contributed by atoms with E-state index in [4.69, 9.17) is 5.73 Å². The molecule has 2 aromatic carbocycles. The molecule has 0 saturated carbocycles. The molecule has 4 N–H and O–H groups in total. The predicted molar refractivity (Wildman–Crippen MR) is 127 cm³/mol. The summed E-state index contributed by atoms with van der Waals surface area (Å²) >= 11 is 0. The second-order valence-corrected chi connectivity index (χ2v) is 7.45. The van der Waals surface area contributed by atoms with Crippen LogP contribution in [0, 0.1) is 5.82 Å². The van der Waals surface area contributed by atoms with Gasteiger partial charge in [-0.1, -0.05) is 12.1 Å². The molecule has 3 heterocycles. The van der Waals surface area contributed by atoms with Crippen molar-refractivity contribution in [2.24, 2.45) is 0 Å². The molecular formula is C24H19FN8O. The molecule has 34 heavy (non-hydrogen) atoms. The van der Waals surface area contributed by atoms with Gasteiger partial charge in [0.2, 0.25) is 5.95 Å². The first-order valence-electron chi connectivity index (χ1n) is 10.4. The van der Waals surface area contributed by atoms with Crippen molar-refractivity contribution in [3.8, 4) is 11.4 Å². The van der Waals surface area contributed by atoms with Crippen LogP contribution in [0.15, 0.2) is 79.5 Å². The highest BCUT2D eigenvalue weighted by Crippen LogP contribution is 2.21. The van der Waals surface area contributed by atoms with Crippen LogP contribution in [0.25, 0.3) is 17.0 Å². The molecule has 0 fully saturated rings. The molecular weight excluding hydrogens is 435 g/mol. The van der Waals surface area contributed by atoms with Crippen LogP contribution in [0.2, 0.25) is 0 Å². The summed E-state index contributed by atoms with van der Waals surface area (Å²) < 4.78 is 15.1. The number of rotatable bonds is 6. The van der Waals surface area contributed by atoms with Gasteiger partial charge in [-0.2, -0.15) is 0 Å². The molecule has 0 aliphatic rings. The van der Waals surface area contributed by atoms with Crippen LogP contribution < -0.4 is 16.4 Å². The van der Waals surface area contributed by atoms with Gasteiger partial charge in [0.15, 0.2) is 5.65 Å². The lowest BCUT2D eigenvalue weighted by molar-refractivity contribution is 0.102. The van der Waals surface area contributed by atoms with Crippen molar-refractivity contribution < 1.29 is 9.18 Å². The van der Waals surface area contributed by atoms with E-state index in [-0.39, 0.29) is 11.6 Å². The highest BCUT2D eigenvalue weighted by molar-refractivity contribution is 6.05. The highest BCUT2D eigenvalue weighted by atomic mass is 19.1. The zero-order valence-corrected chi connectivity index (χ0v) is 17.8. The van der Waals surface area contributed by atoms with Crippen molar-refractivity contribution >= 4 is 28.9 Å². The van der Waals surface area contributed by atoms with Gasteiger partial charge in [0.05, 0.1) is 35.2 Å². The average molecular weight is 454 g/mol. The molecule has 3 aromatic heterocycles. The number of nitrogens with two attached hydrogens (primary N) is 1. The van der Waals surface area contributed by atoms with Crippen LogP contribution in [0.1, 0.15) is 15.9 Å². The number of nitrogen functional groups attached to an aromatic ring is 1. The molecule has 0 radical (unpaired) electrons. The lowest BCUT2D eigenvalue weighted by Gasteiger charge is -2.09. The van der Waals surface area contributed by atoms with Crippen molar-refractivity contribution in [1.82, 2.24) is 24.3 Å². The first kappa shape index (κ1) is 21.0. The largest absolute Gasteiger partial charge is 0.397 e. The molecule has 0 atom stereocenters. The van der Waals surface area contributed by atoms with E-state index >= 15 is 0 Å². The number of halogens is 1. The molecule has 168 valence electrons. The van der Waals surface area contributed by atoms with Gasteiger partial charge in [-0.25, -0.2) is 19.3 Å². The number of hydrogen-bond acceptors (Lipinski definition) is 7. The van der Waals surface area contributed by atoms with Crippen LogP contribution in [0.4, 0.5) is 21.7 Å². The Morgan fingerprint density at radius 1 is 1.03 bits per heavy atom. The monoisotopic (exact) mass is 454 g/mol. The molecule has 10 heteroatoms. The maximum atomic E-state index is 13.2. The first-order valence-corrected chi connectivity index (χ1v) is 10.4. The smallest absolute Gasteiger partial charge is 0.255 e. The molecule has 0 aliphatic heterocycles. The fourth-order valence-corrected chi connectivity index (χ4v) is 3.42. The third-order valence-electron chi connectivity index (χ3n) is 5.16. The van der Waals surface area contributed by atoms with E-state index in [1.807, 2.05) is 28.8 Å². The number of imidazole rings is 1. The van der Waals surface area contributed by atoms with Gasteiger partial charge in [0.25, 0.3) is 5.91 Å². The number of fused-ring (bicyclic) bond motifs is 1. The molecule has 5 aromatic rings. The van der Waals surface area contributed by atoms with Crippen LogP contribution >= 0.6 is 0 Å². The molecule has 0 bridgehead atoms. The van der Waals surface area contributed by atoms with E-state index in [0.29, 0.717) is 23.7 Å². The first-order chi connectivity index (χ1) is 16.6. The lowest BCUT2D eigenvalue weighted by Crippen LogP contribution is -2.13. The van der Waals surface area contributed by atoms with Gasteiger partial charge < -0.3 is 16.4 Å². The molecule has 0 unspecified atom stereocenters. The normalized spacial score (nSPS) is 10.9. The number of carbonyl (C=O) groups is 1. The maximum absolute atomic E-state index is 13.2. The minimum atomic E-state index is -0.460. The number of nitrogens with one attached hydrogen (secondary N) is 2. The quantitative estimate of drug-likeness (QED) is 0.334. The van der Waals surface area contributed by atoms with Crippen LogP contribution in [-0.2, 0) is 6.54 Å². The Morgan fingerprint density at radius 3 is 2.71 bits per heavy atom. The van der Waals surface area contributed by atoms with Crippen LogP contribution in [0.3, 0.4) is 0 Å². The van der Waals surface area contributed by atoms with Gasteiger partial charge in [-0.3, -0.25) is 14.2 Å². The number of aromatic nitrogens is 5. The van der Waals surface area contributed by atoms with Gasteiger partial charge in [0, 0.05) is 30.7 Å². The van der Waals surface area contributed by atoms with E-state index in [9.17, 15) is 9.18 Å². The van der Waals surface area contributed by atoms with Crippen molar-refractivity contribution in [2.75, 3.05) is 16.4 Å². The summed E-state index contributed by atoms with van der Waals surface area (Å²) in [6.07, 6.45) is 8.63. The molecule has 0 saturated heterocycles. The molecule has 0 aliphatic carbocycles. The summed E-state index contributed by atoms with van der Waals surface area (Å²) in [6.45, 7) is 0.466. The number of amides is 1. The fourth-order valence-electron chi connectivity index (χ4n) is 3.42. The summed E-state index contributed by atoms with van der Waals surface area (Å²) in [4.78, 5) is 29.8. The third kappa shape index (κ3) is 4.37. The van der Waals surface area contributed by atoms with E-state index in [1.165, 1.54) is 12.1 Å². The van der Waals surface area contributed by atoms with E-state index in [1.54, 1.807) is 36.9 Å². The van der Waals surface area contributed by atoms with Crippen molar-refractivity contribution in [3.05, 3.63) is 96.5 Å². The van der Waals surface area contributed by atoms with Crippen molar-refractivity contribution in [1.29, 1.82) is 0 Å². The molecule has 5 rings (SSSR count). The Hall–Kier alpha value is -4.86. The van der Waals surface area contributed by atoms with Crippen LogP contribution in [0.5, 0.6) is 0 Å². The molecule has 9 nitrogen and oxygen atoms in total. The number of nitrogens with zero attached hydrogens (tertiary/aromatic N) is 5. The number of benzene rings is 2. The minimum Gasteiger partial charge on any atom is -0.397 e. The van der Waals surface area contributed by atoms with Gasteiger partial charge >= 0.3 is 0 Å². The number of carbonyl (C=O) groups excluding carboxylic acids is 1. The minimum absolute atomic E-state index is 0.164. The van der Waals surface area contributed by atoms with Gasteiger partial charge in [0.1, 0.15) is 5.82 Å². The van der Waals surface area contributed by atoms with Crippen LogP contribution in [-0.4, -0.2) is 30.2 Å². The van der Waals surface area contributed by atoms with Crippen molar-refractivity contribution in [2.45, 2.75) is 6.54 Å². The Morgan fingerprint density at radius 2 is 1.88 bits per heavy atom. The fraction of sp³-hybridized carbons (Fsp3) is 0.0417. The topological polar surface area (TPSA) is 123 Å². The molecule has 0 spiro atoms. The second-order valence-electron chi connectivity index (χ2n) is 7.45. The van der Waals surface area contributed by atoms with Gasteiger partial charge in [-0.15, -0.1) is 0 Å². The third-order valence-corrected chi connectivity index (χ3v) is 5.16. The van der Waals surface area contributed by atoms with E-state index in [2.05, 4.69) is 30.6 Å². The SMILES string of the molecule is Nc1cc(F)ccc1NC(=O)c1ccc(CNc2nccc(-c3cnc4cnccn34)n2)cc1. The molecule has 1 amide bonds.